The van der Waals surface area contributed by atoms with Crippen molar-refractivity contribution in [1.29, 1.82) is 0 Å². The maximum absolute atomic E-state index is 11.8. The molecule has 0 atom stereocenters. The molecule has 2 N–H and O–H groups in total. The van der Waals surface area contributed by atoms with Crippen LogP contribution in [0.5, 0.6) is 0 Å². The molecule has 0 aliphatic carbocycles. The van der Waals surface area contributed by atoms with Crippen molar-refractivity contribution in [2.24, 2.45) is 0 Å². The molecule has 2 rings (SSSR count). The largest absolute Gasteiger partial charge is 0.466 e. The molecule has 0 amide bonds. The molecule has 6 nitrogen and oxygen atoms in total. The summed E-state index contributed by atoms with van der Waals surface area (Å²) in [6, 6.07) is 3.77. The number of anilines is 1. The van der Waals surface area contributed by atoms with E-state index < -0.39 is 11.9 Å². The minimum atomic E-state index is -0.633. The molecule has 118 valence electrons. The van der Waals surface area contributed by atoms with Crippen LogP contribution >= 0.6 is 15.9 Å². The van der Waals surface area contributed by atoms with Gasteiger partial charge in [-0.05, 0) is 36.2 Å². The van der Waals surface area contributed by atoms with Crippen molar-refractivity contribution in [3.63, 3.8) is 0 Å². The Kier molecular flexibility index (Phi) is 5.57. The molecule has 0 saturated heterocycles. The van der Waals surface area contributed by atoms with Crippen molar-refractivity contribution >= 4 is 33.6 Å². The number of carbonyl (C=O) groups excluding carboxylic acids is 2. The van der Waals surface area contributed by atoms with E-state index in [2.05, 4.69) is 31.3 Å². The molecular formula is C15H17BrN2O4. The monoisotopic (exact) mass is 368 g/mol. The molecule has 0 unspecified atom stereocenters. The smallest absolute Gasteiger partial charge is 0.354 e. The lowest BCUT2D eigenvalue weighted by Gasteiger charge is -2.22. The summed E-state index contributed by atoms with van der Waals surface area (Å²) >= 11 is 3.54. The SMILES string of the molecule is COC(=O)/C=C(/Nc1ccc(Br)c2c1CNCC2)C(=O)OC. The third kappa shape index (κ3) is 3.66. The van der Waals surface area contributed by atoms with Crippen LogP contribution in [0.25, 0.3) is 0 Å². The first-order valence-corrected chi connectivity index (χ1v) is 7.52. The fourth-order valence-corrected chi connectivity index (χ4v) is 2.83. The quantitative estimate of drug-likeness (QED) is 0.622. The van der Waals surface area contributed by atoms with Gasteiger partial charge in [-0.15, -0.1) is 0 Å². The summed E-state index contributed by atoms with van der Waals surface area (Å²) in [6.45, 7) is 1.58. The van der Waals surface area contributed by atoms with Crippen LogP contribution in [0.4, 0.5) is 5.69 Å². The van der Waals surface area contributed by atoms with Crippen molar-refractivity contribution in [1.82, 2.24) is 5.32 Å². The number of rotatable bonds is 4. The summed E-state index contributed by atoms with van der Waals surface area (Å²) in [5, 5.41) is 6.26. The molecule has 0 radical (unpaired) electrons. The molecule has 1 heterocycles. The molecule has 22 heavy (non-hydrogen) atoms. The second-order valence-corrected chi connectivity index (χ2v) is 5.53. The summed E-state index contributed by atoms with van der Waals surface area (Å²) in [7, 11) is 2.51. The fraction of sp³-hybridized carbons (Fsp3) is 0.333. The van der Waals surface area contributed by atoms with E-state index >= 15 is 0 Å². The number of nitrogens with one attached hydrogen (secondary N) is 2. The highest BCUT2D eigenvalue weighted by Crippen LogP contribution is 2.30. The number of fused-ring (bicyclic) bond motifs is 1. The molecule has 0 bridgehead atoms. The van der Waals surface area contributed by atoms with Gasteiger partial charge in [-0.3, -0.25) is 0 Å². The van der Waals surface area contributed by atoms with Gasteiger partial charge in [0.1, 0.15) is 5.70 Å². The molecule has 1 aliphatic heterocycles. The van der Waals surface area contributed by atoms with Gasteiger partial charge in [0.2, 0.25) is 0 Å². The molecule has 0 fully saturated rings. The minimum absolute atomic E-state index is 0.0319. The van der Waals surface area contributed by atoms with Crippen molar-refractivity contribution in [3.8, 4) is 0 Å². The Morgan fingerprint density at radius 2 is 2.05 bits per heavy atom. The highest BCUT2D eigenvalue weighted by molar-refractivity contribution is 9.10. The minimum Gasteiger partial charge on any atom is -0.466 e. The van der Waals surface area contributed by atoms with E-state index in [-0.39, 0.29) is 5.70 Å². The molecule has 1 aromatic rings. The standard InChI is InChI=1S/C15H17BrN2O4/c1-21-14(19)7-13(15(20)22-2)18-12-4-3-11(16)9-5-6-17-8-10(9)12/h3-4,7,17-18H,5-6,8H2,1-2H3/b13-7+. The second-order valence-electron chi connectivity index (χ2n) is 4.68. The number of benzene rings is 1. The number of hydrogen-bond donors (Lipinski definition) is 2. The number of halogens is 1. The first kappa shape index (κ1) is 16.5. The van der Waals surface area contributed by atoms with Crippen LogP contribution in [0.15, 0.2) is 28.4 Å². The van der Waals surface area contributed by atoms with E-state index in [9.17, 15) is 9.59 Å². The fourth-order valence-electron chi connectivity index (χ4n) is 2.26. The Morgan fingerprint density at radius 3 is 2.73 bits per heavy atom. The molecule has 0 spiro atoms. The predicted octanol–water partition coefficient (Wildman–Crippen LogP) is 1.74. The lowest BCUT2D eigenvalue weighted by atomic mass is 9.99. The van der Waals surface area contributed by atoms with Gasteiger partial charge in [-0.2, -0.15) is 0 Å². The summed E-state index contributed by atoms with van der Waals surface area (Å²) < 4.78 is 10.3. The van der Waals surface area contributed by atoms with Crippen LogP contribution in [-0.2, 0) is 32.0 Å². The third-order valence-corrected chi connectivity index (χ3v) is 4.11. The zero-order valence-electron chi connectivity index (χ0n) is 12.4. The normalized spacial score (nSPS) is 14.0. The van der Waals surface area contributed by atoms with E-state index in [1.54, 1.807) is 0 Å². The topological polar surface area (TPSA) is 76.7 Å². The van der Waals surface area contributed by atoms with E-state index in [4.69, 9.17) is 4.74 Å². The molecule has 1 aliphatic rings. The van der Waals surface area contributed by atoms with Gasteiger partial charge in [0.15, 0.2) is 0 Å². The van der Waals surface area contributed by atoms with E-state index in [0.717, 1.165) is 34.8 Å². The highest BCUT2D eigenvalue weighted by atomic mass is 79.9. The van der Waals surface area contributed by atoms with Crippen LogP contribution in [0.3, 0.4) is 0 Å². The molecule has 1 aromatic carbocycles. The van der Waals surface area contributed by atoms with Crippen LogP contribution in [0, 0.1) is 0 Å². The zero-order valence-corrected chi connectivity index (χ0v) is 14.0. The summed E-state index contributed by atoms with van der Waals surface area (Å²) in [4.78, 5) is 23.2. The molecule has 7 heteroatoms. The van der Waals surface area contributed by atoms with Gasteiger partial charge in [-0.1, -0.05) is 15.9 Å². The Morgan fingerprint density at radius 1 is 1.27 bits per heavy atom. The van der Waals surface area contributed by atoms with Gasteiger partial charge in [0, 0.05) is 16.7 Å². The van der Waals surface area contributed by atoms with Crippen molar-refractivity contribution in [2.45, 2.75) is 13.0 Å². The average Bonchev–Trinajstić information content (AvgIpc) is 2.55. The maximum Gasteiger partial charge on any atom is 0.354 e. The number of hydrogen-bond acceptors (Lipinski definition) is 6. The summed E-state index contributed by atoms with van der Waals surface area (Å²) in [5.41, 5.74) is 3.03. The van der Waals surface area contributed by atoms with Crippen LogP contribution < -0.4 is 10.6 Å². The van der Waals surface area contributed by atoms with E-state index in [0.29, 0.717) is 6.54 Å². The van der Waals surface area contributed by atoms with Crippen molar-refractivity contribution in [2.75, 3.05) is 26.1 Å². The summed E-state index contributed by atoms with van der Waals surface area (Å²) in [6.07, 6.45) is 1.97. The number of ether oxygens (including phenoxy) is 2. The van der Waals surface area contributed by atoms with Gasteiger partial charge < -0.3 is 20.1 Å². The Bertz CT molecular complexity index is 628. The Balaban J connectivity index is 2.37. The van der Waals surface area contributed by atoms with Crippen LogP contribution in [0.2, 0.25) is 0 Å². The van der Waals surface area contributed by atoms with Crippen LogP contribution in [0.1, 0.15) is 11.1 Å². The van der Waals surface area contributed by atoms with Gasteiger partial charge >= 0.3 is 11.9 Å². The lowest BCUT2D eigenvalue weighted by Crippen LogP contribution is -2.26. The zero-order chi connectivity index (χ0) is 16.1. The lowest BCUT2D eigenvalue weighted by molar-refractivity contribution is -0.138. The van der Waals surface area contributed by atoms with Crippen molar-refractivity contribution < 1.29 is 19.1 Å². The number of carbonyl (C=O) groups is 2. The number of esters is 2. The Labute approximate surface area is 137 Å². The molecule has 0 aromatic heterocycles. The number of methoxy groups -OCH3 is 2. The Hall–Kier alpha value is -1.86. The van der Waals surface area contributed by atoms with Gasteiger partial charge in [-0.25, -0.2) is 9.59 Å². The van der Waals surface area contributed by atoms with Gasteiger partial charge in [0.05, 0.1) is 20.3 Å². The average molecular weight is 369 g/mol. The van der Waals surface area contributed by atoms with Crippen molar-refractivity contribution in [3.05, 3.63) is 39.5 Å². The molecular weight excluding hydrogens is 352 g/mol. The second kappa shape index (κ2) is 7.42. The third-order valence-electron chi connectivity index (χ3n) is 3.37. The van der Waals surface area contributed by atoms with E-state index in [1.165, 1.54) is 19.8 Å². The highest BCUT2D eigenvalue weighted by Gasteiger charge is 2.19. The van der Waals surface area contributed by atoms with E-state index in [1.807, 2.05) is 12.1 Å². The first-order chi connectivity index (χ1) is 10.6. The first-order valence-electron chi connectivity index (χ1n) is 6.72. The van der Waals surface area contributed by atoms with Gasteiger partial charge in [0.25, 0.3) is 0 Å². The predicted molar refractivity (Wildman–Crippen MR) is 85.3 cm³/mol. The van der Waals surface area contributed by atoms with Crippen LogP contribution in [-0.4, -0.2) is 32.7 Å². The molecule has 0 saturated carbocycles. The maximum atomic E-state index is 11.8. The summed E-state index contributed by atoms with van der Waals surface area (Å²) in [5.74, 6) is -1.26.